The lowest BCUT2D eigenvalue weighted by molar-refractivity contribution is 0.0943. The van der Waals surface area contributed by atoms with Crippen LogP contribution in [0.2, 0.25) is 0 Å². The van der Waals surface area contributed by atoms with Crippen LogP contribution in [-0.4, -0.2) is 52.3 Å². The molecule has 0 saturated carbocycles. The molecule has 0 saturated heterocycles. The van der Waals surface area contributed by atoms with E-state index in [0.29, 0.717) is 12.2 Å². The summed E-state index contributed by atoms with van der Waals surface area (Å²) in [5, 5.41) is 7.68. The highest BCUT2D eigenvalue weighted by atomic mass is 16.2. The Morgan fingerprint density at radius 2 is 1.92 bits per heavy atom. The Hall–Kier alpha value is -2.86. The highest BCUT2D eigenvalue weighted by Crippen LogP contribution is 2.22. The number of benzene rings is 1. The van der Waals surface area contributed by atoms with Gasteiger partial charge in [-0.15, -0.1) is 0 Å². The number of rotatable bonds is 6. The van der Waals surface area contributed by atoms with Crippen molar-refractivity contribution in [1.82, 2.24) is 24.6 Å². The SMILES string of the molecule is Cc1ccc(-n2nc(-c3cccn3C)cc2C(=O)NCCN(C)C)cc1. The fourth-order valence-electron chi connectivity index (χ4n) is 2.76. The average molecular weight is 351 g/mol. The number of nitrogens with one attached hydrogen (secondary N) is 1. The van der Waals surface area contributed by atoms with E-state index in [1.54, 1.807) is 4.68 Å². The second-order valence-electron chi connectivity index (χ2n) is 6.73. The second-order valence-corrected chi connectivity index (χ2v) is 6.73. The molecule has 0 aliphatic carbocycles. The van der Waals surface area contributed by atoms with Gasteiger partial charge in [-0.25, -0.2) is 4.68 Å². The van der Waals surface area contributed by atoms with Crippen molar-refractivity contribution >= 4 is 5.91 Å². The standard InChI is InChI=1S/C20H25N5O/c1-15-7-9-16(10-8-15)25-19(20(26)21-11-13-23(2)3)14-17(22-25)18-6-5-12-24(18)4/h5-10,12,14H,11,13H2,1-4H3,(H,21,26). The Labute approximate surface area is 154 Å². The molecule has 1 N–H and O–H groups in total. The number of carbonyl (C=O) groups excluding carboxylic acids is 1. The van der Waals surface area contributed by atoms with Crippen molar-refractivity contribution in [2.75, 3.05) is 27.2 Å². The minimum atomic E-state index is -0.125. The largest absolute Gasteiger partial charge is 0.349 e. The summed E-state index contributed by atoms with van der Waals surface area (Å²) in [5.41, 5.74) is 4.31. The van der Waals surface area contributed by atoms with Gasteiger partial charge in [0.2, 0.25) is 0 Å². The molecule has 3 rings (SSSR count). The summed E-state index contributed by atoms with van der Waals surface area (Å²) in [6.07, 6.45) is 1.97. The molecule has 0 fully saturated rings. The van der Waals surface area contributed by atoms with Gasteiger partial charge in [-0.05, 0) is 51.4 Å². The minimum Gasteiger partial charge on any atom is -0.349 e. The monoisotopic (exact) mass is 351 g/mol. The van der Waals surface area contributed by atoms with Gasteiger partial charge in [0.05, 0.1) is 11.4 Å². The molecule has 6 nitrogen and oxygen atoms in total. The lowest BCUT2D eigenvalue weighted by Gasteiger charge is -2.11. The quantitative estimate of drug-likeness (QED) is 0.742. The van der Waals surface area contributed by atoms with E-state index in [4.69, 9.17) is 5.10 Å². The van der Waals surface area contributed by atoms with Crippen LogP contribution in [0.4, 0.5) is 0 Å². The number of hydrogen-bond acceptors (Lipinski definition) is 3. The molecule has 1 amide bonds. The number of aromatic nitrogens is 3. The summed E-state index contributed by atoms with van der Waals surface area (Å²) >= 11 is 0. The summed E-state index contributed by atoms with van der Waals surface area (Å²) < 4.78 is 3.71. The second kappa shape index (κ2) is 7.58. The zero-order valence-electron chi connectivity index (χ0n) is 15.7. The number of carbonyl (C=O) groups is 1. The van der Waals surface area contributed by atoms with Gasteiger partial charge in [0.1, 0.15) is 11.4 Å². The first kappa shape index (κ1) is 17.9. The summed E-state index contributed by atoms with van der Waals surface area (Å²) in [6, 6.07) is 13.8. The third-order valence-corrected chi connectivity index (χ3v) is 4.27. The predicted molar refractivity (Wildman–Crippen MR) is 104 cm³/mol. The molecule has 26 heavy (non-hydrogen) atoms. The molecule has 0 atom stereocenters. The van der Waals surface area contributed by atoms with Crippen LogP contribution in [0.15, 0.2) is 48.7 Å². The molecule has 0 aliphatic heterocycles. The van der Waals surface area contributed by atoms with Crippen molar-refractivity contribution < 1.29 is 4.79 Å². The summed E-state index contributed by atoms with van der Waals surface area (Å²) in [6.45, 7) is 3.41. The maximum atomic E-state index is 12.8. The van der Waals surface area contributed by atoms with Gasteiger partial charge in [0.25, 0.3) is 5.91 Å². The zero-order chi connectivity index (χ0) is 18.7. The van der Waals surface area contributed by atoms with Crippen LogP contribution >= 0.6 is 0 Å². The molecule has 0 aliphatic rings. The van der Waals surface area contributed by atoms with Crippen LogP contribution in [0.1, 0.15) is 16.1 Å². The molecular weight excluding hydrogens is 326 g/mol. The first-order valence-corrected chi connectivity index (χ1v) is 8.67. The van der Waals surface area contributed by atoms with Crippen molar-refractivity contribution in [3.05, 3.63) is 59.9 Å². The van der Waals surface area contributed by atoms with Crippen LogP contribution in [0.3, 0.4) is 0 Å². The first-order valence-electron chi connectivity index (χ1n) is 8.67. The maximum Gasteiger partial charge on any atom is 0.270 e. The Morgan fingerprint density at radius 3 is 2.54 bits per heavy atom. The van der Waals surface area contributed by atoms with Crippen LogP contribution in [-0.2, 0) is 7.05 Å². The summed E-state index contributed by atoms with van der Waals surface area (Å²) in [5.74, 6) is -0.125. The van der Waals surface area contributed by atoms with Crippen molar-refractivity contribution in [3.8, 4) is 17.1 Å². The Balaban J connectivity index is 1.97. The van der Waals surface area contributed by atoms with E-state index < -0.39 is 0 Å². The molecule has 1 aromatic carbocycles. The molecular formula is C20H25N5O. The molecule has 2 heterocycles. The van der Waals surface area contributed by atoms with E-state index >= 15 is 0 Å². The fourth-order valence-corrected chi connectivity index (χ4v) is 2.76. The normalized spacial score (nSPS) is 11.1. The van der Waals surface area contributed by atoms with Crippen LogP contribution < -0.4 is 5.32 Å². The fraction of sp³-hybridized carbons (Fsp3) is 0.300. The summed E-state index contributed by atoms with van der Waals surface area (Å²) in [7, 11) is 5.93. The number of aryl methyl sites for hydroxylation is 2. The number of amides is 1. The third kappa shape index (κ3) is 3.86. The van der Waals surface area contributed by atoms with E-state index in [1.165, 1.54) is 5.56 Å². The Morgan fingerprint density at radius 1 is 1.19 bits per heavy atom. The van der Waals surface area contributed by atoms with Gasteiger partial charge in [0, 0.05) is 26.3 Å². The van der Waals surface area contributed by atoms with E-state index in [-0.39, 0.29) is 5.91 Å². The van der Waals surface area contributed by atoms with Crippen LogP contribution in [0.5, 0.6) is 0 Å². The van der Waals surface area contributed by atoms with E-state index in [0.717, 1.165) is 23.6 Å². The van der Waals surface area contributed by atoms with E-state index in [9.17, 15) is 4.79 Å². The average Bonchev–Trinajstić information content (AvgIpc) is 3.21. The molecule has 0 bridgehead atoms. The van der Waals surface area contributed by atoms with Gasteiger partial charge in [-0.3, -0.25) is 4.79 Å². The number of likely N-dealkylation sites (N-methyl/N-ethyl adjacent to an activating group) is 1. The highest BCUT2D eigenvalue weighted by molar-refractivity contribution is 5.94. The predicted octanol–water partition coefficient (Wildman–Crippen LogP) is 2.48. The maximum absolute atomic E-state index is 12.8. The van der Waals surface area contributed by atoms with Crippen LogP contribution in [0, 0.1) is 6.92 Å². The van der Waals surface area contributed by atoms with E-state index in [1.807, 2.05) is 86.2 Å². The van der Waals surface area contributed by atoms with Gasteiger partial charge in [0.15, 0.2) is 0 Å². The molecule has 0 unspecified atom stereocenters. The molecule has 136 valence electrons. The minimum absolute atomic E-state index is 0.125. The van der Waals surface area contributed by atoms with Gasteiger partial charge < -0.3 is 14.8 Å². The summed E-state index contributed by atoms with van der Waals surface area (Å²) in [4.78, 5) is 14.8. The highest BCUT2D eigenvalue weighted by Gasteiger charge is 2.18. The van der Waals surface area contributed by atoms with Crippen molar-refractivity contribution in [2.24, 2.45) is 7.05 Å². The third-order valence-electron chi connectivity index (χ3n) is 4.27. The van der Waals surface area contributed by atoms with Crippen molar-refractivity contribution in [2.45, 2.75) is 6.92 Å². The molecule has 0 spiro atoms. The van der Waals surface area contributed by atoms with Crippen molar-refractivity contribution in [3.63, 3.8) is 0 Å². The topological polar surface area (TPSA) is 55.1 Å². The van der Waals surface area contributed by atoms with Gasteiger partial charge in [-0.2, -0.15) is 5.10 Å². The zero-order valence-corrected chi connectivity index (χ0v) is 15.7. The van der Waals surface area contributed by atoms with E-state index in [2.05, 4.69) is 5.32 Å². The lowest BCUT2D eigenvalue weighted by Crippen LogP contribution is -2.32. The number of nitrogens with zero attached hydrogens (tertiary/aromatic N) is 4. The van der Waals surface area contributed by atoms with Gasteiger partial charge in [-0.1, -0.05) is 17.7 Å². The lowest BCUT2D eigenvalue weighted by atomic mass is 10.2. The first-order chi connectivity index (χ1) is 12.5. The van der Waals surface area contributed by atoms with Crippen molar-refractivity contribution in [1.29, 1.82) is 0 Å². The number of hydrogen-bond donors (Lipinski definition) is 1. The Kier molecular flexibility index (Phi) is 5.23. The van der Waals surface area contributed by atoms with Gasteiger partial charge >= 0.3 is 0 Å². The molecule has 0 radical (unpaired) electrons. The molecule has 3 aromatic rings. The molecule has 2 aromatic heterocycles. The Bertz CT molecular complexity index is 889. The smallest absolute Gasteiger partial charge is 0.270 e. The van der Waals surface area contributed by atoms with Crippen LogP contribution in [0.25, 0.3) is 17.1 Å². The molecule has 6 heteroatoms.